The molecule has 136 valence electrons. The van der Waals surface area contributed by atoms with Crippen LogP contribution < -0.4 is 9.47 Å². The molecule has 1 saturated carbocycles. The lowest BCUT2D eigenvalue weighted by Gasteiger charge is -2.20. The van der Waals surface area contributed by atoms with Crippen molar-refractivity contribution in [1.82, 2.24) is 4.90 Å². The van der Waals surface area contributed by atoms with E-state index < -0.39 is 0 Å². The van der Waals surface area contributed by atoms with E-state index in [0.29, 0.717) is 19.7 Å². The number of methoxy groups -OCH3 is 1. The number of carbonyl (C=O) groups excluding carboxylic acids is 1. The Balaban J connectivity index is 1.70. The first kappa shape index (κ1) is 17.3. The molecule has 0 saturated heterocycles. The number of hydrogen-bond donors (Lipinski definition) is 0. The summed E-state index contributed by atoms with van der Waals surface area (Å²) in [6, 6.07) is 12.6. The van der Waals surface area contributed by atoms with Gasteiger partial charge in [0.25, 0.3) is 0 Å². The second-order valence-electron chi connectivity index (χ2n) is 6.78. The number of benzene rings is 2. The van der Waals surface area contributed by atoms with Crippen molar-refractivity contribution in [2.75, 3.05) is 26.5 Å². The normalized spacial score (nSPS) is 16.5. The molecule has 4 nitrogen and oxygen atoms in total. The number of fused-ring (bicyclic) bond motifs is 1. The van der Waals surface area contributed by atoms with Gasteiger partial charge in [0.15, 0.2) is 11.5 Å². The van der Waals surface area contributed by atoms with E-state index in [4.69, 9.17) is 9.47 Å². The molecule has 5 heteroatoms. The van der Waals surface area contributed by atoms with Crippen molar-refractivity contribution in [2.24, 2.45) is 5.92 Å². The number of thioether (sulfide) groups is 1. The molecular formula is C21H23NO3S. The van der Waals surface area contributed by atoms with Crippen LogP contribution in [0, 0.1) is 5.92 Å². The third-order valence-electron chi connectivity index (χ3n) is 4.98. The first-order valence-electron chi connectivity index (χ1n) is 8.96. The van der Waals surface area contributed by atoms with Crippen LogP contribution in [0.3, 0.4) is 0 Å². The predicted octanol–water partition coefficient (Wildman–Crippen LogP) is 4.22. The minimum atomic E-state index is 0.223. The molecule has 4 rings (SSSR count). The summed E-state index contributed by atoms with van der Waals surface area (Å²) in [6.07, 6.45) is 4.12. The average Bonchev–Trinajstić information content (AvgIpc) is 3.53. The molecule has 0 bridgehead atoms. The Hall–Kier alpha value is -2.14. The van der Waals surface area contributed by atoms with E-state index in [0.717, 1.165) is 41.0 Å². The highest BCUT2D eigenvalue weighted by atomic mass is 32.2. The van der Waals surface area contributed by atoms with E-state index in [1.807, 2.05) is 11.0 Å². The van der Waals surface area contributed by atoms with Gasteiger partial charge < -0.3 is 14.4 Å². The minimum Gasteiger partial charge on any atom is -0.493 e. The van der Waals surface area contributed by atoms with E-state index >= 15 is 0 Å². The van der Waals surface area contributed by atoms with Crippen LogP contribution in [0.1, 0.15) is 18.4 Å². The van der Waals surface area contributed by atoms with Crippen molar-refractivity contribution in [2.45, 2.75) is 24.3 Å². The van der Waals surface area contributed by atoms with Crippen LogP contribution >= 0.6 is 11.8 Å². The average molecular weight is 369 g/mol. The van der Waals surface area contributed by atoms with Gasteiger partial charge in [0, 0.05) is 22.9 Å². The lowest BCUT2D eigenvalue weighted by molar-refractivity contribution is -0.133. The summed E-state index contributed by atoms with van der Waals surface area (Å²) < 4.78 is 11.6. The summed E-state index contributed by atoms with van der Waals surface area (Å²) in [5, 5.41) is 0. The van der Waals surface area contributed by atoms with E-state index in [9.17, 15) is 4.79 Å². The molecule has 1 heterocycles. The minimum absolute atomic E-state index is 0.223. The highest BCUT2D eigenvalue weighted by Crippen LogP contribution is 2.39. The van der Waals surface area contributed by atoms with Crippen molar-refractivity contribution in [3.63, 3.8) is 0 Å². The predicted molar refractivity (Wildman–Crippen MR) is 104 cm³/mol. The maximum absolute atomic E-state index is 12.5. The third kappa shape index (κ3) is 3.40. The lowest BCUT2D eigenvalue weighted by atomic mass is 10.0. The number of amides is 1. The monoisotopic (exact) mass is 369 g/mol. The zero-order chi connectivity index (χ0) is 18.1. The number of hydrogen-bond acceptors (Lipinski definition) is 4. The summed E-state index contributed by atoms with van der Waals surface area (Å²) in [6.45, 7) is 1.71. The number of ether oxygens (including phenoxy) is 2. The van der Waals surface area contributed by atoms with Gasteiger partial charge in [-0.25, -0.2) is 0 Å². The van der Waals surface area contributed by atoms with Crippen LogP contribution in [0.5, 0.6) is 11.5 Å². The van der Waals surface area contributed by atoms with Gasteiger partial charge >= 0.3 is 0 Å². The third-order valence-corrected chi connectivity index (χ3v) is 5.73. The molecule has 1 fully saturated rings. The van der Waals surface area contributed by atoms with Crippen molar-refractivity contribution in [3.05, 3.63) is 42.0 Å². The van der Waals surface area contributed by atoms with Gasteiger partial charge in [-0.2, -0.15) is 0 Å². The number of carbonyl (C=O) groups is 1. The van der Waals surface area contributed by atoms with Crippen LogP contribution in [0.4, 0.5) is 0 Å². The largest absolute Gasteiger partial charge is 0.493 e. The molecular weight excluding hydrogens is 346 g/mol. The Bertz CT molecular complexity index is 815. The van der Waals surface area contributed by atoms with Crippen LogP contribution in [0.25, 0.3) is 11.1 Å². The van der Waals surface area contributed by atoms with E-state index in [2.05, 4.69) is 36.6 Å². The van der Waals surface area contributed by atoms with Crippen LogP contribution in [0.15, 0.2) is 41.3 Å². The molecule has 2 aromatic rings. The first-order chi connectivity index (χ1) is 12.7. The van der Waals surface area contributed by atoms with Gasteiger partial charge in [0.05, 0.1) is 13.7 Å². The second kappa shape index (κ2) is 7.23. The SMILES string of the molecule is COc1cc(-c2ccc(SC)cc2)cc2c1OCCN(C(=O)C1CC1)C2. The fourth-order valence-corrected chi connectivity index (χ4v) is 3.77. The van der Waals surface area contributed by atoms with Crippen molar-refractivity contribution >= 4 is 17.7 Å². The Morgan fingerprint density at radius 2 is 1.96 bits per heavy atom. The van der Waals surface area contributed by atoms with Crippen LogP contribution in [-0.4, -0.2) is 37.3 Å². The molecule has 2 aromatic carbocycles. The lowest BCUT2D eigenvalue weighted by Crippen LogP contribution is -2.33. The first-order valence-corrected chi connectivity index (χ1v) is 10.2. The van der Waals surface area contributed by atoms with Gasteiger partial charge in [-0.05, 0) is 54.5 Å². The zero-order valence-corrected chi connectivity index (χ0v) is 16.0. The van der Waals surface area contributed by atoms with E-state index in [1.165, 1.54) is 4.90 Å². The van der Waals surface area contributed by atoms with Crippen molar-refractivity contribution < 1.29 is 14.3 Å². The van der Waals surface area contributed by atoms with E-state index in [1.54, 1.807) is 18.9 Å². The molecule has 0 spiro atoms. The molecule has 1 aliphatic carbocycles. The molecule has 0 radical (unpaired) electrons. The summed E-state index contributed by atoms with van der Waals surface area (Å²) in [5.74, 6) is 1.98. The fourth-order valence-electron chi connectivity index (χ4n) is 3.36. The molecule has 0 N–H and O–H groups in total. The Morgan fingerprint density at radius 1 is 1.19 bits per heavy atom. The number of nitrogens with zero attached hydrogens (tertiary/aromatic N) is 1. The highest BCUT2D eigenvalue weighted by molar-refractivity contribution is 7.98. The maximum atomic E-state index is 12.5. The Labute approximate surface area is 158 Å². The van der Waals surface area contributed by atoms with Gasteiger partial charge in [0.2, 0.25) is 5.91 Å². The van der Waals surface area contributed by atoms with Crippen LogP contribution in [0.2, 0.25) is 0 Å². The highest BCUT2D eigenvalue weighted by Gasteiger charge is 2.34. The van der Waals surface area contributed by atoms with Crippen LogP contribution in [-0.2, 0) is 11.3 Å². The molecule has 2 aliphatic rings. The summed E-state index contributed by atoms with van der Waals surface area (Å²) in [7, 11) is 1.66. The number of rotatable bonds is 4. The smallest absolute Gasteiger partial charge is 0.226 e. The molecule has 1 aliphatic heterocycles. The standard InChI is InChI=1S/C21H23NO3S/c1-24-19-12-16(14-5-7-18(26-2)8-6-14)11-17-13-22(9-10-25-20(17)19)21(23)15-3-4-15/h5-8,11-12,15H,3-4,9-10,13H2,1-2H3. The zero-order valence-electron chi connectivity index (χ0n) is 15.2. The Morgan fingerprint density at radius 3 is 2.62 bits per heavy atom. The summed E-state index contributed by atoms with van der Waals surface area (Å²) in [5.41, 5.74) is 3.23. The molecule has 1 amide bonds. The molecule has 0 aromatic heterocycles. The van der Waals surface area contributed by atoms with Gasteiger partial charge in [-0.3, -0.25) is 4.79 Å². The van der Waals surface area contributed by atoms with Gasteiger partial charge in [-0.1, -0.05) is 12.1 Å². The van der Waals surface area contributed by atoms with Crippen molar-refractivity contribution in [1.29, 1.82) is 0 Å². The summed E-state index contributed by atoms with van der Waals surface area (Å²) in [4.78, 5) is 15.7. The van der Waals surface area contributed by atoms with Gasteiger partial charge in [0.1, 0.15) is 6.61 Å². The maximum Gasteiger partial charge on any atom is 0.226 e. The summed E-state index contributed by atoms with van der Waals surface area (Å²) >= 11 is 1.73. The quantitative estimate of drug-likeness (QED) is 0.757. The van der Waals surface area contributed by atoms with Crippen molar-refractivity contribution in [3.8, 4) is 22.6 Å². The van der Waals surface area contributed by atoms with Gasteiger partial charge in [-0.15, -0.1) is 11.8 Å². The second-order valence-corrected chi connectivity index (χ2v) is 7.66. The Kier molecular flexibility index (Phi) is 4.81. The topological polar surface area (TPSA) is 38.8 Å². The van der Waals surface area contributed by atoms with E-state index in [-0.39, 0.29) is 11.8 Å². The fraction of sp³-hybridized carbons (Fsp3) is 0.381. The molecule has 0 atom stereocenters. The molecule has 26 heavy (non-hydrogen) atoms. The molecule has 0 unspecified atom stereocenters.